The Morgan fingerprint density at radius 1 is 1.25 bits per heavy atom. The van der Waals surface area contributed by atoms with Crippen LogP contribution in [-0.2, 0) is 9.53 Å². The van der Waals surface area contributed by atoms with E-state index in [0.717, 1.165) is 25.9 Å². The second-order valence-electron chi connectivity index (χ2n) is 5.26. The topological polar surface area (TPSA) is 38.3 Å². The van der Waals surface area contributed by atoms with Crippen molar-refractivity contribution in [3.05, 3.63) is 0 Å². The maximum atomic E-state index is 11.6. The van der Waals surface area contributed by atoms with Crippen molar-refractivity contribution >= 4 is 5.97 Å². The van der Waals surface area contributed by atoms with Crippen LogP contribution in [-0.4, -0.2) is 24.7 Å². The van der Waals surface area contributed by atoms with Gasteiger partial charge in [0, 0.05) is 0 Å². The molecule has 0 aromatic heterocycles. The lowest BCUT2D eigenvalue weighted by Gasteiger charge is -2.26. The molecular weight excluding hydrogens is 202 g/mol. The molecule has 0 aliphatic carbocycles. The van der Waals surface area contributed by atoms with Gasteiger partial charge in [0.25, 0.3) is 0 Å². The zero-order valence-electron chi connectivity index (χ0n) is 11.4. The summed E-state index contributed by atoms with van der Waals surface area (Å²) >= 11 is 0. The molecule has 1 aliphatic rings. The molecule has 16 heavy (non-hydrogen) atoms. The fraction of sp³-hybridized carbons (Fsp3) is 0.923. The number of hydrogen-bond acceptors (Lipinski definition) is 3. The third-order valence-electron chi connectivity index (χ3n) is 2.08. The van der Waals surface area contributed by atoms with Gasteiger partial charge in [-0.15, -0.1) is 0 Å². The van der Waals surface area contributed by atoms with E-state index in [2.05, 4.69) is 19.2 Å². The third-order valence-corrected chi connectivity index (χ3v) is 2.08. The largest absolute Gasteiger partial charge is 0.460 e. The number of carbonyl (C=O) groups excluding carboxylic acids is 1. The number of esters is 1. The number of rotatable bonds is 1. The second-order valence-corrected chi connectivity index (χ2v) is 5.26. The molecule has 3 heteroatoms. The normalized spacial score (nSPS) is 17.3. The minimum Gasteiger partial charge on any atom is -0.460 e. The maximum Gasteiger partial charge on any atom is 0.309 e. The molecular formula is C13H27NO2. The summed E-state index contributed by atoms with van der Waals surface area (Å²) in [6.07, 6.45) is 3.07. The molecule has 1 rings (SSSR count). The van der Waals surface area contributed by atoms with Crippen molar-refractivity contribution in [3.8, 4) is 0 Å². The number of piperidine rings is 1. The van der Waals surface area contributed by atoms with E-state index in [4.69, 9.17) is 4.74 Å². The Morgan fingerprint density at radius 2 is 1.69 bits per heavy atom. The predicted molar refractivity (Wildman–Crippen MR) is 67.4 cm³/mol. The van der Waals surface area contributed by atoms with E-state index >= 15 is 0 Å². The van der Waals surface area contributed by atoms with E-state index in [1.54, 1.807) is 0 Å². The molecule has 1 saturated heterocycles. The lowest BCUT2D eigenvalue weighted by atomic mass is 9.98. The van der Waals surface area contributed by atoms with E-state index in [9.17, 15) is 4.79 Å². The number of ether oxygens (including phenoxy) is 1. The first-order valence-electron chi connectivity index (χ1n) is 6.34. The van der Waals surface area contributed by atoms with Crippen LogP contribution in [0.15, 0.2) is 0 Å². The van der Waals surface area contributed by atoms with Crippen LogP contribution in [0.4, 0.5) is 0 Å². The summed E-state index contributed by atoms with van der Waals surface area (Å²) in [5.41, 5.74) is -0.345. The monoisotopic (exact) mass is 229 g/mol. The Labute approximate surface area is 99.9 Å². The molecule has 1 aliphatic heterocycles. The lowest BCUT2D eigenvalue weighted by molar-refractivity contribution is -0.160. The molecule has 0 bridgehead atoms. The first-order chi connectivity index (χ1) is 7.40. The molecule has 0 aromatic rings. The van der Waals surface area contributed by atoms with Crippen molar-refractivity contribution in [1.29, 1.82) is 0 Å². The van der Waals surface area contributed by atoms with Crippen LogP contribution in [0.25, 0.3) is 0 Å². The molecule has 1 fully saturated rings. The van der Waals surface area contributed by atoms with Gasteiger partial charge in [0.1, 0.15) is 5.60 Å². The summed E-state index contributed by atoms with van der Waals surface area (Å²) in [5.74, 6) is 0.0782. The van der Waals surface area contributed by atoms with Gasteiger partial charge in [-0.2, -0.15) is 0 Å². The highest BCUT2D eigenvalue weighted by Gasteiger charge is 2.26. The van der Waals surface area contributed by atoms with Gasteiger partial charge in [-0.05, 0) is 46.7 Å². The molecule has 0 amide bonds. The Balaban J connectivity index is 0.000000673. The van der Waals surface area contributed by atoms with Gasteiger partial charge >= 0.3 is 5.97 Å². The van der Waals surface area contributed by atoms with Gasteiger partial charge in [-0.25, -0.2) is 0 Å². The molecule has 0 saturated carbocycles. The molecule has 1 N–H and O–H groups in total. The van der Waals surface area contributed by atoms with Crippen LogP contribution < -0.4 is 5.32 Å². The summed E-state index contributed by atoms with van der Waals surface area (Å²) in [6.45, 7) is 11.8. The van der Waals surface area contributed by atoms with Crippen molar-refractivity contribution in [3.63, 3.8) is 0 Å². The van der Waals surface area contributed by atoms with Crippen molar-refractivity contribution in [1.82, 2.24) is 5.32 Å². The smallest absolute Gasteiger partial charge is 0.309 e. The van der Waals surface area contributed by atoms with E-state index in [1.807, 2.05) is 20.8 Å². The van der Waals surface area contributed by atoms with Gasteiger partial charge in [0.05, 0.1) is 5.92 Å². The van der Waals surface area contributed by atoms with Gasteiger partial charge in [-0.3, -0.25) is 4.79 Å². The Morgan fingerprint density at radius 3 is 2.06 bits per heavy atom. The van der Waals surface area contributed by atoms with Crippen LogP contribution >= 0.6 is 0 Å². The molecule has 96 valence electrons. The highest BCUT2D eigenvalue weighted by molar-refractivity contribution is 5.73. The molecule has 3 nitrogen and oxygen atoms in total. The quantitative estimate of drug-likeness (QED) is 0.703. The Hall–Kier alpha value is -0.570. The van der Waals surface area contributed by atoms with Crippen molar-refractivity contribution in [2.75, 3.05) is 13.1 Å². The fourth-order valence-corrected chi connectivity index (χ4v) is 1.44. The molecule has 0 spiro atoms. The number of hydrogen-bond donors (Lipinski definition) is 1. The highest BCUT2D eigenvalue weighted by Crippen LogP contribution is 2.17. The summed E-state index contributed by atoms with van der Waals surface area (Å²) < 4.78 is 5.31. The van der Waals surface area contributed by atoms with Crippen molar-refractivity contribution in [2.45, 2.75) is 59.5 Å². The number of carbonyl (C=O) groups is 1. The molecule has 0 atom stereocenters. The zero-order chi connectivity index (χ0) is 12.6. The summed E-state index contributed by atoms with van der Waals surface area (Å²) in [6, 6.07) is 0. The molecule has 0 unspecified atom stereocenters. The molecule has 0 radical (unpaired) electrons. The Bertz CT molecular complexity index is 191. The van der Waals surface area contributed by atoms with Crippen LogP contribution in [0.2, 0.25) is 0 Å². The van der Waals surface area contributed by atoms with Crippen LogP contribution in [0.3, 0.4) is 0 Å². The van der Waals surface area contributed by atoms with Gasteiger partial charge in [0.15, 0.2) is 0 Å². The number of nitrogens with one attached hydrogen (secondary N) is 1. The van der Waals surface area contributed by atoms with E-state index < -0.39 is 0 Å². The van der Waals surface area contributed by atoms with Crippen LogP contribution in [0.5, 0.6) is 0 Å². The first-order valence-corrected chi connectivity index (χ1v) is 6.34. The van der Waals surface area contributed by atoms with Gasteiger partial charge in [0.2, 0.25) is 0 Å². The third kappa shape index (κ3) is 7.69. The van der Waals surface area contributed by atoms with Crippen molar-refractivity contribution in [2.24, 2.45) is 5.92 Å². The maximum absolute atomic E-state index is 11.6. The molecule has 0 aromatic carbocycles. The summed E-state index contributed by atoms with van der Waals surface area (Å²) in [4.78, 5) is 11.6. The van der Waals surface area contributed by atoms with Crippen molar-refractivity contribution < 1.29 is 9.53 Å². The standard InChI is InChI=1S/C10H19NO2.C3H8/c1-10(2,3)13-9(12)8-4-6-11-7-5-8;1-3-2/h8,11H,4-7H2,1-3H3;3H2,1-2H3. The van der Waals surface area contributed by atoms with E-state index in [-0.39, 0.29) is 17.5 Å². The second kappa shape index (κ2) is 7.66. The Kier molecular flexibility index (Phi) is 7.39. The molecule has 1 heterocycles. The first kappa shape index (κ1) is 15.4. The average Bonchev–Trinajstić information content (AvgIpc) is 2.18. The average molecular weight is 229 g/mol. The minimum atomic E-state index is -0.345. The fourth-order valence-electron chi connectivity index (χ4n) is 1.44. The summed E-state index contributed by atoms with van der Waals surface area (Å²) in [7, 11) is 0. The van der Waals surface area contributed by atoms with E-state index in [1.165, 1.54) is 6.42 Å². The summed E-state index contributed by atoms with van der Waals surface area (Å²) in [5, 5.41) is 3.22. The lowest BCUT2D eigenvalue weighted by Crippen LogP contribution is -2.35. The van der Waals surface area contributed by atoms with Gasteiger partial charge < -0.3 is 10.1 Å². The zero-order valence-corrected chi connectivity index (χ0v) is 11.4. The van der Waals surface area contributed by atoms with Crippen LogP contribution in [0, 0.1) is 5.92 Å². The SMILES string of the molecule is CC(C)(C)OC(=O)C1CCNCC1.CCC. The van der Waals surface area contributed by atoms with Crippen LogP contribution in [0.1, 0.15) is 53.9 Å². The van der Waals surface area contributed by atoms with E-state index in [0.29, 0.717) is 0 Å². The highest BCUT2D eigenvalue weighted by atomic mass is 16.6. The minimum absolute atomic E-state index is 0.0333. The van der Waals surface area contributed by atoms with Gasteiger partial charge in [-0.1, -0.05) is 20.3 Å². The predicted octanol–water partition coefficient (Wildman–Crippen LogP) is 2.74.